The van der Waals surface area contributed by atoms with E-state index in [0.717, 1.165) is 0 Å². The number of hydrogen-bond donors (Lipinski definition) is 2. The van der Waals surface area contributed by atoms with Crippen molar-refractivity contribution in [2.75, 3.05) is 6.61 Å². The lowest BCUT2D eigenvalue weighted by atomic mass is 10.1. The molecule has 0 heterocycles. The fourth-order valence-electron chi connectivity index (χ4n) is 1.31. The van der Waals surface area contributed by atoms with E-state index in [-0.39, 0.29) is 11.9 Å². The third-order valence-electron chi connectivity index (χ3n) is 2.27. The van der Waals surface area contributed by atoms with Crippen LogP contribution in [0.2, 0.25) is 0 Å². The smallest absolute Gasteiger partial charge is 0.131 e. The molecular weight excluding hydrogens is 209 g/mol. The lowest BCUT2D eigenvalue weighted by Crippen LogP contribution is -2.09. The molecular formula is C12H18FNO2. The Morgan fingerprint density at radius 1 is 1.44 bits per heavy atom. The molecule has 2 atom stereocenters. The number of rotatable bonds is 5. The largest absolute Gasteiger partial charge is 0.493 e. The molecule has 1 aromatic rings. The molecule has 0 aliphatic rings. The van der Waals surface area contributed by atoms with Crippen molar-refractivity contribution in [1.82, 2.24) is 0 Å². The third-order valence-corrected chi connectivity index (χ3v) is 2.27. The maximum absolute atomic E-state index is 13.5. The Labute approximate surface area is 95.0 Å². The molecule has 0 amide bonds. The fourth-order valence-corrected chi connectivity index (χ4v) is 1.31. The van der Waals surface area contributed by atoms with Gasteiger partial charge in [0.1, 0.15) is 11.6 Å². The van der Waals surface area contributed by atoms with Crippen LogP contribution >= 0.6 is 0 Å². The van der Waals surface area contributed by atoms with Crippen LogP contribution in [0.4, 0.5) is 4.39 Å². The molecule has 0 fully saturated rings. The van der Waals surface area contributed by atoms with Crippen molar-refractivity contribution in [2.45, 2.75) is 32.4 Å². The molecule has 1 aromatic carbocycles. The number of hydrogen-bond acceptors (Lipinski definition) is 3. The van der Waals surface area contributed by atoms with E-state index in [9.17, 15) is 4.39 Å². The first kappa shape index (κ1) is 12.9. The van der Waals surface area contributed by atoms with Crippen molar-refractivity contribution in [1.29, 1.82) is 0 Å². The number of aliphatic hydroxyl groups excluding tert-OH is 1. The highest BCUT2D eigenvalue weighted by molar-refractivity contribution is 5.30. The van der Waals surface area contributed by atoms with Crippen molar-refractivity contribution in [3.8, 4) is 5.75 Å². The molecule has 1 rings (SSSR count). The van der Waals surface area contributed by atoms with E-state index in [0.29, 0.717) is 24.3 Å². The number of benzene rings is 1. The van der Waals surface area contributed by atoms with Gasteiger partial charge in [0.25, 0.3) is 0 Å². The fraction of sp³-hybridized carbons (Fsp3) is 0.500. The SMILES string of the molecule is CC(O)CCOc1ccc([C@H](C)N)c(F)c1. The maximum Gasteiger partial charge on any atom is 0.131 e. The summed E-state index contributed by atoms with van der Waals surface area (Å²) in [6.45, 7) is 3.78. The molecule has 0 radical (unpaired) electrons. The summed E-state index contributed by atoms with van der Waals surface area (Å²) in [5, 5.41) is 9.03. The summed E-state index contributed by atoms with van der Waals surface area (Å²) in [5.41, 5.74) is 6.07. The Hall–Kier alpha value is -1.13. The quantitative estimate of drug-likeness (QED) is 0.808. The lowest BCUT2D eigenvalue weighted by Gasteiger charge is -2.11. The Morgan fingerprint density at radius 2 is 2.12 bits per heavy atom. The number of halogens is 1. The lowest BCUT2D eigenvalue weighted by molar-refractivity contribution is 0.155. The van der Waals surface area contributed by atoms with Gasteiger partial charge in [-0.3, -0.25) is 0 Å². The average molecular weight is 227 g/mol. The minimum atomic E-state index is -0.409. The Balaban J connectivity index is 2.59. The highest BCUT2D eigenvalue weighted by atomic mass is 19.1. The molecule has 0 aliphatic heterocycles. The predicted octanol–water partition coefficient (Wildman–Crippen LogP) is 2.00. The molecule has 4 heteroatoms. The van der Waals surface area contributed by atoms with Crippen molar-refractivity contribution >= 4 is 0 Å². The van der Waals surface area contributed by atoms with Crippen LogP contribution in [-0.4, -0.2) is 17.8 Å². The summed E-state index contributed by atoms with van der Waals surface area (Å²) in [5.74, 6) is 0.104. The van der Waals surface area contributed by atoms with Gasteiger partial charge in [-0.1, -0.05) is 6.07 Å². The van der Waals surface area contributed by atoms with Crippen LogP contribution in [0.25, 0.3) is 0 Å². The summed E-state index contributed by atoms with van der Waals surface area (Å²) in [4.78, 5) is 0. The topological polar surface area (TPSA) is 55.5 Å². The van der Waals surface area contributed by atoms with Crippen LogP contribution in [-0.2, 0) is 0 Å². The zero-order chi connectivity index (χ0) is 12.1. The summed E-state index contributed by atoms with van der Waals surface area (Å²) in [7, 11) is 0. The van der Waals surface area contributed by atoms with E-state index in [4.69, 9.17) is 15.6 Å². The van der Waals surface area contributed by atoms with Gasteiger partial charge in [-0.05, 0) is 19.9 Å². The van der Waals surface area contributed by atoms with Gasteiger partial charge >= 0.3 is 0 Å². The maximum atomic E-state index is 13.5. The van der Waals surface area contributed by atoms with Crippen LogP contribution < -0.4 is 10.5 Å². The second-order valence-electron chi connectivity index (χ2n) is 3.96. The monoisotopic (exact) mass is 227 g/mol. The number of aliphatic hydroxyl groups is 1. The van der Waals surface area contributed by atoms with Crippen LogP contribution in [0.1, 0.15) is 31.9 Å². The van der Waals surface area contributed by atoms with E-state index in [1.807, 2.05) is 0 Å². The van der Waals surface area contributed by atoms with Crippen molar-refractivity contribution in [2.24, 2.45) is 5.73 Å². The minimum Gasteiger partial charge on any atom is -0.493 e. The van der Waals surface area contributed by atoms with Gasteiger partial charge < -0.3 is 15.6 Å². The van der Waals surface area contributed by atoms with E-state index in [1.54, 1.807) is 26.0 Å². The van der Waals surface area contributed by atoms with Crippen LogP contribution in [0, 0.1) is 5.82 Å². The van der Waals surface area contributed by atoms with Crippen LogP contribution in [0.3, 0.4) is 0 Å². The molecule has 0 aliphatic carbocycles. The van der Waals surface area contributed by atoms with Gasteiger partial charge in [0.15, 0.2) is 0 Å². The summed E-state index contributed by atoms with van der Waals surface area (Å²) >= 11 is 0. The first-order chi connectivity index (χ1) is 7.50. The molecule has 0 bridgehead atoms. The van der Waals surface area contributed by atoms with Gasteiger partial charge in [-0.15, -0.1) is 0 Å². The molecule has 0 spiro atoms. The molecule has 16 heavy (non-hydrogen) atoms. The Bertz CT molecular complexity index is 340. The van der Waals surface area contributed by atoms with Gasteiger partial charge in [0.05, 0.1) is 12.7 Å². The summed E-state index contributed by atoms with van der Waals surface area (Å²) < 4.78 is 18.8. The second-order valence-corrected chi connectivity index (χ2v) is 3.96. The minimum absolute atomic E-state index is 0.327. The molecule has 0 saturated heterocycles. The zero-order valence-corrected chi connectivity index (χ0v) is 9.61. The second kappa shape index (κ2) is 5.82. The predicted molar refractivity (Wildman–Crippen MR) is 60.8 cm³/mol. The van der Waals surface area contributed by atoms with Gasteiger partial charge in [-0.2, -0.15) is 0 Å². The molecule has 1 unspecified atom stereocenters. The zero-order valence-electron chi connectivity index (χ0n) is 9.61. The van der Waals surface area contributed by atoms with E-state index >= 15 is 0 Å². The van der Waals surface area contributed by atoms with Gasteiger partial charge in [-0.25, -0.2) is 4.39 Å². The highest BCUT2D eigenvalue weighted by Gasteiger charge is 2.08. The summed E-state index contributed by atoms with van der Waals surface area (Å²) in [6, 6.07) is 4.30. The van der Waals surface area contributed by atoms with Crippen molar-refractivity contribution in [3.63, 3.8) is 0 Å². The number of ether oxygens (including phenoxy) is 1. The first-order valence-electron chi connectivity index (χ1n) is 5.36. The van der Waals surface area contributed by atoms with E-state index < -0.39 is 6.10 Å². The van der Waals surface area contributed by atoms with Gasteiger partial charge in [0, 0.05) is 24.1 Å². The van der Waals surface area contributed by atoms with Crippen molar-refractivity contribution < 1.29 is 14.2 Å². The van der Waals surface area contributed by atoms with Crippen LogP contribution in [0.15, 0.2) is 18.2 Å². The Kier molecular flexibility index (Phi) is 4.71. The third kappa shape index (κ3) is 3.79. The first-order valence-corrected chi connectivity index (χ1v) is 5.36. The standard InChI is InChI=1S/C12H18FNO2/c1-8(15)5-6-16-10-3-4-11(9(2)14)12(13)7-10/h3-4,7-9,15H,5-6,14H2,1-2H3/t8?,9-/m0/s1. The Morgan fingerprint density at radius 3 is 2.62 bits per heavy atom. The van der Waals surface area contributed by atoms with E-state index in [2.05, 4.69) is 0 Å². The summed E-state index contributed by atoms with van der Waals surface area (Å²) in [6.07, 6.45) is 0.115. The molecule has 3 nitrogen and oxygen atoms in total. The van der Waals surface area contributed by atoms with Crippen molar-refractivity contribution in [3.05, 3.63) is 29.6 Å². The molecule has 0 aromatic heterocycles. The average Bonchev–Trinajstić information content (AvgIpc) is 2.16. The molecule has 3 N–H and O–H groups in total. The highest BCUT2D eigenvalue weighted by Crippen LogP contribution is 2.20. The van der Waals surface area contributed by atoms with Crippen LogP contribution in [0.5, 0.6) is 5.75 Å². The van der Waals surface area contributed by atoms with E-state index in [1.165, 1.54) is 6.07 Å². The van der Waals surface area contributed by atoms with Gasteiger partial charge in [0.2, 0.25) is 0 Å². The normalized spacial score (nSPS) is 14.6. The molecule has 90 valence electrons. The number of nitrogens with two attached hydrogens (primary N) is 1. The molecule has 0 saturated carbocycles.